The summed E-state index contributed by atoms with van der Waals surface area (Å²) in [6.45, 7) is 2.84. The number of carboxylic acid groups (broad SMARTS) is 1. The predicted octanol–water partition coefficient (Wildman–Crippen LogP) is 8.90. The summed E-state index contributed by atoms with van der Waals surface area (Å²) in [4.78, 5) is 14.0. The zero-order valence-corrected chi connectivity index (χ0v) is 25.0. The number of nitrogens with zero attached hydrogens (tertiary/aromatic N) is 1. The highest BCUT2D eigenvalue weighted by atomic mass is 19.1. The van der Waals surface area contributed by atoms with Crippen LogP contribution in [0.5, 0.6) is 5.75 Å². The number of carboxylic acids is 1. The molecule has 1 aliphatic rings. The summed E-state index contributed by atoms with van der Waals surface area (Å²) in [5.41, 5.74) is 9.43. The minimum Gasteiger partial charge on any atom is -0.497 e. The summed E-state index contributed by atoms with van der Waals surface area (Å²) in [6.07, 6.45) is 1.67. The molecule has 5 aromatic carbocycles. The Balaban J connectivity index is 1.17. The third-order valence-corrected chi connectivity index (χ3v) is 8.80. The highest BCUT2D eigenvalue weighted by Crippen LogP contribution is 2.37. The monoisotopic (exact) mass is 585 g/mol. The Morgan fingerprint density at radius 2 is 1.57 bits per heavy atom. The molecule has 222 valence electrons. The van der Waals surface area contributed by atoms with E-state index in [4.69, 9.17) is 4.74 Å². The van der Waals surface area contributed by atoms with E-state index < -0.39 is 5.97 Å². The van der Waals surface area contributed by atoms with E-state index in [0.29, 0.717) is 11.3 Å². The van der Waals surface area contributed by atoms with Crippen molar-refractivity contribution >= 4 is 11.7 Å². The molecule has 0 radical (unpaired) electrons. The molecule has 2 atom stereocenters. The fraction of sp³-hybridized carbons (Fsp3) is 0.205. The van der Waals surface area contributed by atoms with E-state index >= 15 is 0 Å². The van der Waals surface area contributed by atoms with Gasteiger partial charge in [0.15, 0.2) is 0 Å². The number of rotatable bonds is 9. The van der Waals surface area contributed by atoms with E-state index in [1.54, 1.807) is 19.2 Å². The summed E-state index contributed by atoms with van der Waals surface area (Å²) in [5.74, 6) is -0.161. The zero-order valence-electron chi connectivity index (χ0n) is 25.0. The smallest absolute Gasteiger partial charge is 0.305 e. The van der Waals surface area contributed by atoms with Crippen LogP contribution in [0.15, 0.2) is 115 Å². The average Bonchev–Trinajstić information content (AvgIpc) is 3.46. The van der Waals surface area contributed by atoms with Gasteiger partial charge in [0.2, 0.25) is 0 Å². The van der Waals surface area contributed by atoms with Crippen LogP contribution in [-0.4, -0.2) is 30.8 Å². The highest BCUT2D eigenvalue weighted by Gasteiger charge is 2.34. The molecule has 0 unspecified atom stereocenters. The number of hydrogen-bond donors (Lipinski definition) is 1. The third-order valence-electron chi connectivity index (χ3n) is 8.80. The Bertz CT molecular complexity index is 1750. The first-order chi connectivity index (χ1) is 21.4. The largest absolute Gasteiger partial charge is 0.497 e. The third kappa shape index (κ3) is 6.37. The van der Waals surface area contributed by atoms with Crippen LogP contribution in [0.3, 0.4) is 0 Å². The minimum absolute atomic E-state index is 0.0658. The molecule has 0 amide bonds. The van der Waals surface area contributed by atoms with E-state index in [-0.39, 0.29) is 24.2 Å². The van der Waals surface area contributed by atoms with E-state index in [9.17, 15) is 14.3 Å². The Morgan fingerprint density at radius 3 is 2.25 bits per heavy atom. The van der Waals surface area contributed by atoms with Crippen LogP contribution in [0.4, 0.5) is 10.1 Å². The van der Waals surface area contributed by atoms with Gasteiger partial charge in [-0.3, -0.25) is 4.79 Å². The first-order valence-electron chi connectivity index (χ1n) is 15.0. The van der Waals surface area contributed by atoms with Gasteiger partial charge in [-0.05, 0) is 89.0 Å². The molecule has 5 heteroatoms. The van der Waals surface area contributed by atoms with Gasteiger partial charge in [0.1, 0.15) is 11.6 Å². The Morgan fingerprint density at radius 1 is 0.864 bits per heavy atom. The van der Waals surface area contributed by atoms with Gasteiger partial charge < -0.3 is 14.7 Å². The highest BCUT2D eigenvalue weighted by molar-refractivity contribution is 5.70. The van der Waals surface area contributed by atoms with Crippen molar-refractivity contribution < 1.29 is 19.0 Å². The molecule has 0 saturated carbocycles. The quantitative estimate of drug-likeness (QED) is 0.188. The maximum absolute atomic E-state index is 14.5. The summed E-state index contributed by atoms with van der Waals surface area (Å²) in [5, 5.41) is 9.67. The number of anilines is 1. The van der Waals surface area contributed by atoms with Crippen LogP contribution in [0, 0.1) is 12.7 Å². The van der Waals surface area contributed by atoms with Crippen LogP contribution < -0.4 is 9.64 Å². The number of aliphatic carboxylic acids is 1. The van der Waals surface area contributed by atoms with Gasteiger partial charge in [-0.1, -0.05) is 84.9 Å². The van der Waals surface area contributed by atoms with Crippen LogP contribution in [0.2, 0.25) is 0 Å². The SMILES string of the molecule is COc1ccc(F)c(-c2ccc(Cc3ccc(N4C[C@H](c5ccc(-c6ccccc6)cc5)C[C@@H]4CC(=O)O)cc3)c(C)c2)c1. The van der Waals surface area contributed by atoms with Crippen LogP contribution in [0.1, 0.15) is 41.0 Å². The predicted molar refractivity (Wildman–Crippen MR) is 175 cm³/mol. The molecular formula is C39H36FNO3. The summed E-state index contributed by atoms with van der Waals surface area (Å²) in [6, 6.07) is 38.3. The first-order valence-corrected chi connectivity index (χ1v) is 15.0. The van der Waals surface area contributed by atoms with Crippen LogP contribution in [-0.2, 0) is 11.2 Å². The molecule has 1 fully saturated rings. The molecule has 4 nitrogen and oxygen atoms in total. The normalized spacial score (nSPS) is 16.2. The lowest BCUT2D eigenvalue weighted by atomic mass is 9.93. The number of carbonyl (C=O) groups is 1. The molecule has 6 rings (SSSR count). The molecule has 1 heterocycles. The van der Waals surface area contributed by atoms with Crippen molar-refractivity contribution in [1.29, 1.82) is 0 Å². The maximum atomic E-state index is 14.5. The average molecular weight is 586 g/mol. The lowest BCUT2D eigenvalue weighted by Crippen LogP contribution is -2.31. The molecular weight excluding hydrogens is 549 g/mol. The Labute approximate surface area is 258 Å². The second kappa shape index (κ2) is 12.8. The molecule has 0 aromatic heterocycles. The molecule has 1 aliphatic heterocycles. The van der Waals surface area contributed by atoms with E-state index in [1.807, 2.05) is 30.3 Å². The molecule has 0 spiro atoms. The standard InChI is InChI=1S/C39H36FNO3/c1-26-20-32(37-24-36(44-2)18-19-38(37)40)15-14-31(26)21-27-8-16-34(17-9-27)41-25-33(22-35(41)23-39(42)43)30-12-10-29(11-13-30)28-6-4-3-5-7-28/h3-20,24,33,35H,21-23,25H2,1-2H3,(H,42,43)/t33-,35-/m1/s1. The van der Waals surface area contributed by atoms with E-state index in [1.165, 1.54) is 33.9 Å². The fourth-order valence-corrected chi connectivity index (χ4v) is 6.39. The van der Waals surface area contributed by atoms with Gasteiger partial charge in [0.25, 0.3) is 0 Å². The number of benzene rings is 5. The van der Waals surface area contributed by atoms with Gasteiger partial charge in [0, 0.05) is 29.8 Å². The number of ether oxygens (including phenoxy) is 1. The van der Waals surface area contributed by atoms with Crippen molar-refractivity contribution in [2.45, 2.75) is 38.1 Å². The second-order valence-electron chi connectivity index (χ2n) is 11.7. The van der Waals surface area contributed by atoms with Crippen molar-refractivity contribution in [3.63, 3.8) is 0 Å². The van der Waals surface area contributed by atoms with Crippen molar-refractivity contribution in [3.8, 4) is 28.0 Å². The number of halogens is 1. The number of hydrogen-bond acceptors (Lipinski definition) is 3. The Kier molecular flexibility index (Phi) is 8.47. The summed E-state index contributed by atoms with van der Waals surface area (Å²) in [7, 11) is 1.58. The number of aryl methyl sites for hydroxylation is 1. The lowest BCUT2D eigenvalue weighted by molar-refractivity contribution is -0.137. The summed E-state index contributed by atoms with van der Waals surface area (Å²) < 4.78 is 19.8. The molecule has 0 aliphatic carbocycles. The van der Waals surface area contributed by atoms with Crippen molar-refractivity contribution in [1.82, 2.24) is 0 Å². The van der Waals surface area contributed by atoms with E-state index in [0.717, 1.165) is 36.2 Å². The van der Waals surface area contributed by atoms with Gasteiger partial charge >= 0.3 is 5.97 Å². The van der Waals surface area contributed by atoms with Crippen LogP contribution >= 0.6 is 0 Å². The second-order valence-corrected chi connectivity index (χ2v) is 11.7. The Hall–Kier alpha value is -4.90. The van der Waals surface area contributed by atoms with E-state index in [2.05, 4.69) is 78.6 Å². The fourth-order valence-electron chi connectivity index (χ4n) is 6.39. The molecule has 44 heavy (non-hydrogen) atoms. The first kappa shape index (κ1) is 29.2. The lowest BCUT2D eigenvalue weighted by Gasteiger charge is -2.26. The molecule has 1 N–H and O–H groups in total. The van der Waals surface area contributed by atoms with Crippen molar-refractivity contribution in [3.05, 3.63) is 143 Å². The van der Waals surface area contributed by atoms with Crippen molar-refractivity contribution in [2.75, 3.05) is 18.6 Å². The zero-order chi connectivity index (χ0) is 30.6. The number of methoxy groups -OCH3 is 1. The van der Waals surface area contributed by atoms with Gasteiger partial charge in [-0.25, -0.2) is 4.39 Å². The summed E-state index contributed by atoms with van der Waals surface area (Å²) >= 11 is 0. The molecule has 0 bridgehead atoms. The van der Waals surface area contributed by atoms with Crippen LogP contribution in [0.25, 0.3) is 22.3 Å². The topological polar surface area (TPSA) is 49.8 Å². The van der Waals surface area contributed by atoms with Gasteiger partial charge in [-0.15, -0.1) is 0 Å². The van der Waals surface area contributed by atoms with Gasteiger partial charge in [0.05, 0.1) is 13.5 Å². The maximum Gasteiger partial charge on any atom is 0.305 e. The molecule has 5 aromatic rings. The minimum atomic E-state index is -0.774. The van der Waals surface area contributed by atoms with Crippen molar-refractivity contribution in [2.24, 2.45) is 0 Å². The molecule has 1 saturated heterocycles. The van der Waals surface area contributed by atoms with Gasteiger partial charge in [-0.2, -0.15) is 0 Å².